The smallest absolute Gasteiger partial charge is 0.274 e. The van der Waals surface area contributed by atoms with Gasteiger partial charge in [0.1, 0.15) is 5.69 Å². The van der Waals surface area contributed by atoms with Crippen LogP contribution in [0.3, 0.4) is 0 Å². The molecule has 0 atom stereocenters. The summed E-state index contributed by atoms with van der Waals surface area (Å²) in [6.07, 6.45) is 1.72. The number of hydrogen-bond acceptors (Lipinski definition) is 2. The van der Waals surface area contributed by atoms with Gasteiger partial charge in [-0.15, -0.1) is 0 Å². The van der Waals surface area contributed by atoms with E-state index in [2.05, 4.69) is 5.32 Å². The Hall–Kier alpha value is -2.23. The molecule has 3 N–H and O–H groups in total. The van der Waals surface area contributed by atoms with Crippen LogP contribution < -0.4 is 11.2 Å². The normalized spacial score (nSPS) is 10.2. The zero-order valence-corrected chi connectivity index (χ0v) is 9.90. The van der Waals surface area contributed by atoms with Gasteiger partial charge in [-0.05, 0) is 37.1 Å². The second kappa shape index (κ2) is 4.33. The number of nitrogens with one attached hydrogen (secondary N) is 1. The fourth-order valence-corrected chi connectivity index (χ4v) is 1.70. The molecular formula is C13H15N3O. The average Bonchev–Trinajstić information content (AvgIpc) is 2.61. The van der Waals surface area contributed by atoms with Crippen LogP contribution in [0.25, 0.3) is 0 Å². The predicted molar refractivity (Wildman–Crippen MR) is 68.5 cm³/mol. The van der Waals surface area contributed by atoms with Crippen molar-refractivity contribution in [3.63, 3.8) is 0 Å². The first-order valence-corrected chi connectivity index (χ1v) is 5.39. The predicted octanol–water partition coefficient (Wildman–Crippen LogP) is 2.07. The molecule has 1 amide bonds. The molecule has 1 aromatic heterocycles. The van der Waals surface area contributed by atoms with E-state index in [1.807, 2.05) is 38.1 Å². The molecule has 0 bridgehead atoms. The van der Waals surface area contributed by atoms with Gasteiger partial charge in [-0.2, -0.15) is 0 Å². The number of carbonyl (C=O) groups excluding carboxylic acids is 1. The Morgan fingerprint density at radius 2 is 2.00 bits per heavy atom. The third-order valence-electron chi connectivity index (χ3n) is 2.61. The summed E-state index contributed by atoms with van der Waals surface area (Å²) in [5, 5.41) is 2.84. The van der Waals surface area contributed by atoms with Crippen LogP contribution in [0.5, 0.6) is 0 Å². The van der Waals surface area contributed by atoms with Crippen LogP contribution in [0.4, 0.5) is 5.69 Å². The highest BCUT2D eigenvalue weighted by atomic mass is 16.2. The molecule has 4 nitrogen and oxygen atoms in total. The zero-order chi connectivity index (χ0) is 12.4. The highest BCUT2D eigenvalue weighted by molar-refractivity contribution is 6.03. The fraction of sp³-hybridized carbons (Fsp3) is 0.154. The van der Waals surface area contributed by atoms with E-state index in [0.717, 1.165) is 16.8 Å². The molecule has 88 valence electrons. The van der Waals surface area contributed by atoms with Gasteiger partial charge in [0.15, 0.2) is 0 Å². The number of hydrogen-bond donors (Lipinski definition) is 2. The second-order valence-corrected chi connectivity index (χ2v) is 4.08. The molecule has 1 heterocycles. The van der Waals surface area contributed by atoms with Gasteiger partial charge in [0.25, 0.3) is 5.91 Å². The molecule has 0 saturated heterocycles. The molecular weight excluding hydrogens is 214 g/mol. The molecule has 0 radical (unpaired) electrons. The van der Waals surface area contributed by atoms with Crippen molar-refractivity contribution in [1.29, 1.82) is 0 Å². The Morgan fingerprint density at radius 1 is 1.29 bits per heavy atom. The van der Waals surface area contributed by atoms with Crippen LogP contribution in [0.15, 0.2) is 36.5 Å². The number of benzene rings is 1. The lowest BCUT2D eigenvalue weighted by Gasteiger charge is -2.08. The number of nitrogen functional groups attached to an aromatic ring is 1. The summed E-state index contributed by atoms with van der Waals surface area (Å²) in [7, 11) is 0. The molecule has 0 aliphatic carbocycles. The summed E-state index contributed by atoms with van der Waals surface area (Å²) < 4.78 is 1.34. The maximum Gasteiger partial charge on any atom is 0.274 e. The van der Waals surface area contributed by atoms with E-state index >= 15 is 0 Å². The zero-order valence-electron chi connectivity index (χ0n) is 9.90. The Balaban J connectivity index is 2.23. The minimum absolute atomic E-state index is 0.199. The van der Waals surface area contributed by atoms with Crippen molar-refractivity contribution in [3.8, 4) is 0 Å². The van der Waals surface area contributed by atoms with Crippen molar-refractivity contribution in [3.05, 3.63) is 53.3 Å². The Labute approximate surface area is 100 Å². The maximum atomic E-state index is 12.0. The highest BCUT2D eigenvalue weighted by Gasteiger charge is 2.11. The number of nitrogens with two attached hydrogens (primary N) is 1. The van der Waals surface area contributed by atoms with E-state index in [1.165, 1.54) is 4.68 Å². The van der Waals surface area contributed by atoms with Crippen LogP contribution in [0.2, 0.25) is 0 Å². The number of carbonyl (C=O) groups is 1. The fourth-order valence-electron chi connectivity index (χ4n) is 1.70. The van der Waals surface area contributed by atoms with Gasteiger partial charge in [0, 0.05) is 11.9 Å². The second-order valence-electron chi connectivity index (χ2n) is 4.08. The van der Waals surface area contributed by atoms with Crippen LogP contribution in [0, 0.1) is 13.8 Å². The first-order valence-electron chi connectivity index (χ1n) is 5.39. The van der Waals surface area contributed by atoms with Gasteiger partial charge < -0.3 is 11.2 Å². The molecule has 1 aromatic carbocycles. The van der Waals surface area contributed by atoms with E-state index < -0.39 is 0 Å². The van der Waals surface area contributed by atoms with Crippen molar-refractivity contribution in [1.82, 2.24) is 4.68 Å². The number of aryl methyl sites for hydroxylation is 2. The highest BCUT2D eigenvalue weighted by Crippen LogP contribution is 2.15. The summed E-state index contributed by atoms with van der Waals surface area (Å²) in [6, 6.07) is 9.38. The lowest BCUT2D eigenvalue weighted by atomic mass is 10.2. The van der Waals surface area contributed by atoms with Gasteiger partial charge in [0.2, 0.25) is 0 Å². The van der Waals surface area contributed by atoms with Crippen molar-refractivity contribution in [2.45, 2.75) is 13.8 Å². The third kappa shape index (κ3) is 2.30. The van der Waals surface area contributed by atoms with Crippen molar-refractivity contribution < 1.29 is 4.79 Å². The number of nitrogens with zero attached hydrogens (tertiary/aromatic N) is 1. The SMILES string of the molecule is Cc1cc(C(=O)Nc2ccccc2C)n(N)c1. The third-order valence-corrected chi connectivity index (χ3v) is 2.61. The molecule has 17 heavy (non-hydrogen) atoms. The minimum atomic E-state index is -0.199. The maximum absolute atomic E-state index is 12.0. The standard InChI is InChI=1S/C13H15N3O/c1-9-7-12(16(14)8-9)13(17)15-11-6-4-3-5-10(11)2/h3-8H,14H2,1-2H3,(H,15,17). The van der Waals surface area contributed by atoms with E-state index in [-0.39, 0.29) is 5.91 Å². The topological polar surface area (TPSA) is 60.0 Å². The summed E-state index contributed by atoms with van der Waals surface area (Å²) in [5.41, 5.74) is 3.23. The number of anilines is 1. The average molecular weight is 229 g/mol. The lowest BCUT2D eigenvalue weighted by Crippen LogP contribution is -2.21. The molecule has 0 unspecified atom stereocenters. The summed E-state index contributed by atoms with van der Waals surface area (Å²) in [6.45, 7) is 3.84. The molecule has 4 heteroatoms. The van der Waals surface area contributed by atoms with Crippen molar-refractivity contribution in [2.75, 3.05) is 11.2 Å². The summed E-state index contributed by atoms with van der Waals surface area (Å²) >= 11 is 0. The Morgan fingerprint density at radius 3 is 2.59 bits per heavy atom. The van der Waals surface area contributed by atoms with Gasteiger partial charge >= 0.3 is 0 Å². The number of aromatic nitrogens is 1. The van der Waals surface area contributed by atoms with E-state index in [4.69, 9.17) is 5.84 Å². The molecule has 0 aliphatic heterocycles. The first-order chi connectivity index (χ1) is 8.08. The number of amides is 1. The molecule has 0 spiro atoms. The quantitative estimate of drug-likeness (QED) is 0.774. The van der Waals surface area contributed by atoms with Crippen molar-refractivity contribution >= 4 is 11.6 Å². The Kier molecular flexibility index (Phi) is 2.87. The number of para-hydroxylation sites is 1. The van der Waals surface area contributed by atoms with Crippen LogP contribution in [-0.2, 0) is 0 Å². The molecule has 0 saturated carbocycles. The monoisotopic (exact) mass is 229 g/mol. The van der Waals surface area contributed by atoms with E-state index in [1.54, 1.807) is 12.3 Å². The summed E-state index contributed by atoms with van der Waals surface area (Å²) in [4.78, 5) is 12.0. The largest absolute Gasteiger partial charge is 0.339 e. The van der Waals surface area contributed by atoms with E-state index in [9.17, 15) is 4.79 Å². The van der Waals surface area contributed by atoms with Gasteiger partial charge in [-0.25, -0.2) is 0 Å². The number of rotatable bonds is 2. The first kappa shape index (κ1) is 11.3. The Bertz CT molecular complexity index is 558. The minimum Gasteiger partial charge on any atom is -0.339 e. The van der Waals surface area contributed by atoms with E-state index in [0.29, 0.717) is 5.69 Å². The lowest BCUT2D eigenvalue weighted by molar-refractivity contribution is 0.102. The van der Waals surface area contributed by atoms with Gasteiger partial charge in [-0.1, -0.05) is 18.2 Å². The van der Waals surface area contributed by atoms with Gasteiger partial charge in [-0.3, -0.25) is 9.47 Å². The summed E-state index contributed by atoms with van der Waals surface area (Å²) in [5.74, 6) is 5.49. The molecule has 0 fully saturated rings. The van der Waals surface area contributed by atoms with Crippen molar-refractivity contribution in [2.24, 2.45) is 0 Å². The molecule has 2 rings (SSSR count). The molecule has 0 aliphatic rings. The van der Waals surface area contributed by atoms with Gasteiger partial charge in [0.05, 0.1) is 0 Å². The van der Waals surface area contributed by atoms with Crippen LogP contribution in [0.1, 0.15) is 21.6 Å². The molecule has 2 aromatic rings. The van der Waals surface area contributed by atoms with Crippen LogP contribution in [-0.4, -0.2) is 10.6 Å². The van der Waals surface area contributed by atoms with Crippen LogP contribution >= 0.6 is 0 Å².